The molecule has 0 radical (unpaired) electrons. The van der Waals surface area contributed by atoms with Crippen molar-refractivity contribution >= 4 is 17.9 Å². The average Bonchev–Trinajstić information content (AvgIpc) is 2.56. The highest BCUT2D eigenvalue weighted by Crippen LogP contribution is 2.28. The zero-order valence-electron chi connectivity index (χ0n) is 15.2. The minimum atomic E-state index is -2.43. The third-order valence-corrected chi connectivity index (χ3v) is 3.77. The van der Waals surface area contributed by atoms with E-state index in [9.17, 15) is 14.4 Å². The second-order valence-electron chi connectivity index (χ2n) is 7.18. The van der Waals surface area contributed by atoms with Crippen molar-refractivity contribution in [2.24, 2.45) is 0 Å². The van der Waals surface area contributed by atoms with E-state index in [2.05, 4.69) is 6.58 Å². The van der Waals surface area contributed by atoms with E-state index in [1.54, 1.807) is 39.0 Å². The first-order valence-corrected chi connectivity index (χ1v) is 8.26. The van der Waals surface area contributed by atoms with E-state index in [4.69, 9.17) is 4.74 Å². The number of rotatable bonds is 3. The van der Waals surface area contributed by atoms with Crippen molar-refractivity contribution in [2.45, 2.75) is 38.5 Å². The number of alkyl halides is 1. The van der Waals surface area contributed by atoms with E-state index in [1.165, 1.54) is 18.2 Å². The van der Waals surface area contributed by atoms with E-state index < -0.39 is 35.7 Å². The summed E-state index contributed by atoms with van der Waals surface area (Å²) in [4.78, 5) is 39.4. The highest BCUT2D eigenvalue weighted by molar-refractivity contribution is 6.07. The van der Waals surface area contributed by atoms with E-state index in [1.807, 2.05) is 0 Å². The van der Waals surface area contributed by atoms with Crippen LogP contribution in [0.15, 0.2) is 43.0 Å². The van der Waals surface area contributed by atoms with Crippen LogP contribution >= 0.6 is 0 Å². The molecule has 6 nitrogen and oxygen atoms in total. The predicted octanol–water partition coefficient (Wildman–Crippen LogP) is 3.15. The predicted molar refractivity (Wildman–Crippen MR) is 94.1 cm³/mol. The Hall–Kier alpha value is -2.70. The van der Waals surface area contributed by atoms with Crippen molar-refractivity contribution in [3.05, 3.63) is 48.6 Å². The van der Waals surface area contributed by atoms with Gasteiger partial charge in [0.1, 0.15) is 12.3 Å². The maximum absolute atomic E-state index is 15.3. The fourth-order valence-electron chi connectivity index (χ4n) is 2.62. The molecule has 0 saturated carbocycles. The van der Waals surface area contributed by atoms with Crippen molar-refractivity contribution in [3.63, 3.8) is 0 Å². The summed E-state index contributed by atoms with van der Waals surface area (Å²) in [6.07, 6.45) is 0.146. The van der Waals surface area contributed by atoms with Crippen LogP contribution in [0.2, 0.25) is 0 Å². The van der Waals surface area contributed by atoms with Crippen LogP contribution in [0.25, 0.3) is 0 Å². The van der Waals surface area contributed by atoms with Crippen molar-refractivity contribution in [3.8, 4) is 0 Å². The molecule has 0 N–H and O–H groups in total. The Morgan fingerprint density at radius 1 is 1.31 bits per heavy atom. The lowest BCUT2D eigenvalue weighted by Crippen LogP contribution is -2.64. The fourth-order valence-corrected chi connectivity index (χ4v) is 2.62. The van der Waals surface area contributed by atoms with Crippen molar-refractivity contribution in [1.29, 1.82) is 0 Å². The van der Waals surface area contributed by atoms with Crippen LogP contribution in [-0.2, 0) is 9.53 Å². The number of imide groups is 1. The molecule has 0 spiro atoms. The Balaban J connectivity index is 2.34. The number of allylic oxidation sites excluding steroid dienone is 1. The molecule has 1 saturated heterocycles. The van der Waals surface area contributed by atoms with Crippen molar-refractivity contribution < 1.29 is 23.5 Å². The molecular formula is C19H23FN2O4. The van der Waals surface area contributed by atoms with Gasteiger partial charge in [0.05, 0.1) is 6.54 Å². The summed E-state index contributed by atoms with van der Waals surface area (Å²) in [6, 6.07) is 8.04. The Morgan fingerprint density at radius 3 is 2.46 bits per heavy atom. The summed E-state index contributed by atoms with van der Waals surface area (Å²) in [7, 11) is 0. The fraction of sp³-hybridized carbons (Fsp3) is 0.421. The van der Waals surface area contributed by atoms with Gasteiger partial charge >= 0.3 is 6.09 Å². The topological polar surface area (TPSA) is 66.9 Å². The number of carbonyl (C=O) groups is 3. The molecule has 0 unspecified atom stereocenters. The average molecular weight is 362 g/mol. The molecule has 2 rings (SSSR count). The third-order valence-electron chi connectivity index (χ3n) is 3.77. The molecule has 1 aliphatic heterocycles. The second-order valence-corrected chi connectivity index (χ2v) is 7.18. The van der Waals surface area contributed by atoms with Crippen LogP contribution < -0.4 is 0 Å². The molecule has 0 bridgehead atoms. The van der Waals surface area contributed by atoms with Crippen LogP contribution in [0.5, 0.6) is 0 Å². The number of nitrogens with zero attached hydrogens (tertiary/aromatic N) is 2. The van der Waals surface area contributed by atoms with E-state index >= 15 is 4.39 Å². The van der Waals surface area contributed by atoms with Gasteiger partial charge in [-0.1, -0.05) is 24.3 Å². The summed E-state index contributed by atoms with van der Waals surface area (Å²) in [5, 5.41) is 0. The Kier molecular flexibility index (Phi) is 5.49. The highest BCUT2D eigenvalue weighted by Gasteiger charge is 2.50. The maximum Gasteiger partial charge on any atom is 0.411 e. The summed E-state index contributed by atoms with van der Waals surface area (Å²) < 4.78 is 20.5. The standard InChI is InChI=1S/C19H23FN2O4/c1-5-11-19(20)12-21(17(25)26-18(2,3)4)13-22(16(19)24)15(23)14-9-7-6-8-10-14/h5-10H,1,11-13H2,2-4H3/t19-/m0/s1. The first-order valence-electron chi connectivity index (χ1n) is 8.26. The molecule has 0 aliphatic carbocycles. The first kappa shape index (κ1) is 19.6. The molecule has 3 amide bonds. The van der Waals surface area contributed by atoms with Crippen molar-refractivity contribution in [2.75, 3.05) is 13.2 Å². The molecular weight excluding hydrogens is 339 g/mol. The lowest BCUT2D eigenvalue weighted by atomic mass is 9.96. The van der Waals surface area contributed by atoms with Crippen LogP contribution in [0.4, 0.5) is 9.18 Å². The molecule has 1 aliphatic rings. The van der Waals surface area contributed by atoms with Gasteiger partial charge in [-0.2, -0.15) is 0 Å². The van der Waals surface area contributed by atoms with Crippen LogP contribution in [0.1, 0.15) is 37.6 Å². The Morgan fingerprint density at radius 2 is 1.92 bits per heavy atom. The first-order chi connectivity index (χ1) is 12.1. The number of carbonyl (C=O) groups excluding carboxylic acids is 3. The lowest BCUT2D eigenvalue weighted by Gasteiger charge is -2.41. The second kappa shape index (κ2) is 7.27. The molecule has 1 fully saturated rings. The van der Waals surface area contributed by atoms with Crippen LogP contribution in [-0.4, -0.2) is 52.2 Å². The number of hydrogen-bond acceptors (Lipinski definition) is 4. The maximum atomic E-state index is 15.3. The van der Waals surface area contributed by atoms with E-state index in [0.29, 0.717) is 0 Å². The zero-order valence-corrected chi connectivity index (χ0v) is 15.2. The Bertz CT molecular complexity index is 714. The number of amides is 3. The molecule has 26 heavy (non-hydrogen) atoms. The van der Waals surface area contributed by atoms with Gasteiger partial charge in [-0.3, -0.25) is 19.4 Å². The molecule has 0 aromatic heterocycles. The minimum Gasteiger partial charge on any atom is -0.444 e. The minimum absolute atomic E-state index is 0.229. The van der Waals surface area contributed by atoms with Gasteiger partial charge in [-0.05, 0) is 32.9 Å². The van der Waals surface area contributed by atoms with Gasteiger partial charge in [0, 0.05) is 12.0 Å². The quantitative estimate of drug-likeness (QED) is 0.612. The highest BCUT2D eigenvalue weighted by atomic mass is 19.1. The van der Waals surface area contributed by atoms with Gasteiger partial charge in [0.25, 0.3) is 11.8 Å². The number of hydrogen-bond donors (Lipinski definition) is 0. The van der Waals surface area contributed by atoms with Gasteiger partial charge in [0.2, 0.25) is 5.67 Å². The van der Waals surface area contributed by atoms with E-state index in [-0.39, 0.29) is 18.7 Å². The summed E-state index contributed by atoms with van der Waals surface area (Å²) in [5.74, 6) is -1.65. The lowest BCUT2D eigenvalue weighted by molar-refractivity contribution is -0.150. The summed E-state index contributed by atoms with van der Waals surface area (Å²) in [6.45, 7) is 7.64. The van der Waals surface area contributed by atoms with Gasteiger partial charge in [-0.15, -0.1) is 6.58 Å². The summed E-state index contributed by atoms with van der Waals surface area (Å²) in [5.41, 5.74) is -2.99. The SMILES string of the molecule is C=CC[C@]1(F)CN(C(=O)OC(C)(C)C)CN(C(=O)c2ccccc2)C1=O. The van der Waals surface area contributed by atoms with Crippen LogP contribution in [0, 0.1) is 0 Å². The molecule has 1 heterocycles. The normalized spacial score (nSPS) is 20.7. The summed E-state index contributed by atoms with van der Waals surface area (Å²) >= 11 is 0. The smallest absolute Gasteiger partial charge is 0.411 e. The van der Waals surface area contributed by atoms with E-state index in [0.717, 1.165) is 9.80 Å². The van der Waals surface area contributed by atoms with Crippen molar-refractivity contribution in [1.82, 2.24) is 9.80 Å². The number of halogens is 1. The Labute approximate surface area is 152 Å². The largest absolute Gasteiger partial charge is 0.444 e. The van der Waals surface area contributed by atoms with Gasteiger partial charge < -0.3 is 4.74 Å². The molecule has 1 aromatic rings. The molecule has 140 valence electrons. The molecule has 7 heteroatoms. The third kappa shape index (κ3) is 4.28. The van der Waals surface area contributed by atoms with Gasteiger partial charge in [-0.25, -0.2) is 9.18 Å². The zero-order chi connectivity index (χ0) is 19.5. The number of ether oxygens (including phenoxy) is 1. The van der Waals surface area contributed by atoms with Crippen LogP contribution in [0.3, 0.4) is 0 Å². The number of benzene rings is 1. The monoisotopic (exact) mass is 362 g/mol. The van der Waals surface area contributed by atoms with Gasteiger partial charge in [0.15, 0.2) is 0 Å². The molecule has 1 aromatic carbocycles. The molecule has 1 atom stereocenters.